The van der Waals surface area contributed by atoms with Crippen molar-refractivity contribution < 1.29 is 14.4 Å². The number of carbonyl (C=O) groups excluding carboxylic acids is 1. The third-order valence-electron chi connectivity index (χ3n) is 3.51. The van der Waals surface area contributed by atoms with Gasteiger partial charge in [0.1, 0.15) is 5.78 Å². The summed E-state index contributed by atoms with van der Waals surface area (Å²) in [7, 11) is 0. The van der Waals surface area contributed by atoms with Crippen LogP contribution in [0.1, 0.15) is 51.4 Å². The van der Waals surface area contributed by atoms with Crippen LogP contribution >= 0.6 is 0 Å². The molecule has 2 rings (SSSR count). The van der Waals surface area contributed by atoms with Gasteiger partial charge in [0.25, 0.3) is 0 Å². The summed E-state index contributed by atoms with van der Waals surface area (Å²) >= 11 is 0. The van der Waals surface area contributed by atoms with Gasteiger partial charge in [0.2, 0.25) is 0 Å². The van der Waals surface area contributed by atoms with Gasteiger partial charge in [-0.15, -0.1) is 0 Å². The molecule has 2 aliphatic heterocycles. The van der Waals surface area contributed by atoms with Gasteiger partial charge in [0.15, 0.2) is 19.4 Å². The molecule has 0 N–H and O–H groups in total. The van der Waals surface area contributed by atoms with Crippen LogP contribution in [0, 0.1) is 5.92 Å². The Morgan fingerprint density at radius 3 is 2.88 bits per heavy atom. The average molecular weight is 224 g/mol. The van der Waals surface area contributed by atoms with E-state index in [0.717, 1.165) is 57.6 Å². The summed E-state index contributed by atoms with van der Waals surface area (Å²) in [4.78, 5) is 17.1. The highest BCUT2D eigenvalue weighted by Crippen LogP contribution is 2.18. The quantitative estimate of drug-likeness (QED) is 0.591. The number of carbonyl (C=O) groups is 1. The highest BCUT2D eigenvalue weighted by molar-refractivity contribution is 5.78. The van der Waals surface area contributed by atoms with E-state index in [-0.39, 0.29) is 0 Å². The van der Waals surface area contributed by atoms with Crippen molar-refractivity contribution in [1.29, 1.82) is 0 Å². The molecule has 0 spiro atoms. The number of nitrogens with zero attached hydrogens (tertiary/aromatic N) is 1. The fourth-order valence-corrected chi connectivity index (χ4v) is 2.47. The lowest BCUT2D eigenvalue weighted by Crippen LogP contribution is -2.14. The van der Waals surface area contributed by atoms with Crippen LogP contribution in [-0.4, -0.2) is 29.9 Å². The molecule has 2 heterocycles. The maximum atomic E-state index is 11.5. The van der Waals surface area contributed by atoms with Crippen molar-refractivity contribution in [3.05, 3.63) is 0 Å². The SMILES string of the molecule is O=C1CCCCO[N+]2=CCC(CCCC1)C2. The van der Waals surface area contributed by atoms with Crippen molar-refractivity contribution >= 4 is 12.0 Å². The molecule has 0 aliphatic carbocycles. The second kappa shape index (κ2) is 6.02. The van der Waals surface area contributed by atoms with Crippen LogP contribution in [0.3, 0.4) is 0 Å². The second-order valence-corrected chi connectivity index (χ2v) is 4.96. The minimum atomic E-state index is 0.441. The fourth-order valence-electron chi connectivity index (χ4n) is 2.47. The summed E-state index contributed by atoms with van der Waals surface area (Å²) in [5.74, 6) is 1.19. The maximum absolute atomic E-state index is 11.5. The largest absolute Gasteiger partial charge is 0.300 e. The smallest absolute Gasteiger partial charge is 0.196 e. The van der Waals surface area contributed by atoms with Crippen LogP contribution in [0.5, 0.6) is 0 Å². The van der Waals surface area contributed by atoms with Crippen LogP contribution in [0.15, 0.2) is 0 Å². The molecule has 1 saturated heterocycles. The molecule has 0 aromatic heterocycles. The molecule has 90 valence electrons. The molecule has 1 unspecified atom stereocenters. The van der Waals surface area contributed by atoms with E-state index in [1.807, 2.05) is 4.74 Å². The van der Waals surface area contributed by atoms with Crippen molar-refractivity contribution in [2.45, 2.75) is 51.4 Å². The Morgan fingerprint density at radius 2 is 2.00 bits per heavy atom. The second-order valence-electron chi connectivity index (χ2n) is 4.96. The Kier molecular flexibility index (Phi) is 4.37. The van der Waals surface area contributed by atoms with Crippen molar-refractivity contribution in [1.82, 2.24) is 0 Å². The van der Waals surface area contributed by atoms with Gasteiger partial charge in [-0.3, -0.25) is 9.63 Å². The molecule has 3 nitrogen and oxygen atoms in total. The predicted octanol–water partition coefficient (Wildman–Crippen LogP) is 2.33. The highest BCUT2D eigenvalue weighted by Gasteiger charge is 2.24. The van der Waals surface area contributed by atoms with E-state index in [1.165, 1.54) is 12.8 Å². The number of Topliss-reactive ketones (excluding diaryl/α,β-unsaturated/α-hetero) is 1. The number of hydroxylamine groups is 1. The maximum Gasteiger partial charge on any atom is 0.196 e. The summed E-state index contributed by atoms with van der Waals surface area (Å²) in [6, 6.07) is 0. The van der Waals surface area contributed by atoms with Crippen molar-refractivity contribution in [2.24, 2.45) is 5.92 Å². The third-order valence-corrected chi connectivity index (χ3v) is 3.51. The van der Waals surface area contributed by atoms with Crippen LogP contribution in [0.4, 0.5) is 0 Å². The molecule has 1 atom stereocenters. The van der Waals surface area contributed by atoms with Crippen molar-refractivity contribution in [3.8, 4) is 0 Å². The van der Waals surface area contributed by atoms with Crippen LogP contribution in [-0.2, 0) is 9.63 Å². The zero-order valence-corrected chi connectivity index (χ0v) is 9.99. The minimum Gasteiger partial charge on any atom is -0.300 e. The van der Waals surface area contributed by atoms with Gasteiger partial charge in [0, 0.05) is 25.2 Å². The van der Waals surface area contributed by atoms with E-state index in [4.69, 9.17) is 4.84 Å². The average Bonchev–Trinajstić information content (AvgIpc) is 2.72. The molecule has 2 aliphatic rings. The first-order valence-electron chi connectivity index (χ1n) is 6.59. The Morgan fingerprint density at radius 1 is 1.19 bits per heavy atom. The predicted molar refractivity (Wildman–Crippen MR) is 62.6 cm³/mol. The normalized spacial score (nSPS) is 28.4. The molecule has 0 aromatic rings. The van der Waals surface area contributed by atoms with E-state index < -0.39 is 0 Å². The van der Waals surface area contributed by atoms with Crippen LogP contribution in [0.25, 0.3) is 0 Å². The zero-order valence-electron chi connectivity index (χ0n) is 9.99. The van der Waals surface area contributed by atoms with Crippen molar-refractivity contribution in [3.63, 3.8) is 0 Å². The lowest BCUT2D eigenvalue weighted by atomic mass is 9.99. The molecule has 0 amide bonds. The first kappa shape index (κ1) is 11.6. The Hall–Kier alpha value is -0.860. The van der Waals surface area contributed by atoms with E-state index in [1.54, 1.807) is 0 Å². The summed E-state index contributed by atoms with van der Waals surface area (Å²) in [5.41, 5.74) is 0. The van der Waals surface area contributed by atoms with Gasteiger partial charge in [-0.05, 0) is 30.4 Å². The minimum absolute atomic E-state index is 0.441. The van der Waals surface area contributed by atoms with Gasteiger partial charge in [-0.25, -0.2) is 0 Å². The lowest BCUT2D eigenvalue weighted by Gasteiger charge is -2.04. The molecular formula is C13H22NO2+. The summed E-state index contributed by atoms with van der Waals surface area (Å²) in [5, 5.41) is 0. The van der Waals surface area contributed by atoms with E-state index in [9.17, 15) is 4.79 Å². The molecular weight excluding hydrogens is 202 g/mol. The first-order valence-corrected chi connectivity index (χ1v) is 6.59. The number of hydrogen-bond acceptors (Lipinski definition) is 2. The monoisotopic (exact) mass is 224 g/mol. The highest BCUT2D eigenvalue weighted by atomic mass is 16.7. The Bertz CT molecular complexity index is 273. The lowest BCUT2D eigenvalue weighted by molar-refractivity contribution is -0.782. The Labute approximate surface area is 97.4 Å². The molecule has 1 fully saturated rings. The standard InChI is InChI=1S/C13H22NO2/c15-13-6-2-1-5-12-8-9-14(11-12)16-10-4-3-7-13/h9,12H,1-8,10-11H2/q+1. The molecule has 16 heavy (non-hydrogen) atoms. The molecule has 2 bridgehead atoms. The fraction of sp³-hybridized carbons (Fsp3) is 0.846. The molecule has 0 radical (unpaired) electrons. The third kappa shape index (κ3) is 3.62. The number of hydrogen-bond donors (Lipinski definition) is 0. The van der Waals surface area contributed by atoms with E-state index >= 15 is 0 Å². The Balaban J connectivity index is 1.81. The summed E-state index contributed by atoms with van der Waals surface area (Å²) < 4.78 is 2.00. The van der Waals surface area contributed by atoms with Crippen molar-refractivity contribution in [2.75, 3.05) is 13.2 Å². The van der Waals surface area contributed by atoms with Crippen LogP contribution < -0.4 is 0 Å². The van der Waals surface area contributed by atoms with Gasteiger partial charge >= 0.3 is 0 Å². The zero-order chi connectivity index (χ0) is 11.2. The van der Waals surface area contributed by atoms with Gasteiger partial charge in [0.05, 0.1) is 0 Å². The summed E-state index contributed by atoms with van der Waals surface area (Å²) in [6.07, 6.45) is 10.4. The number of ketones is 1. The first-order chi connectivity index (χ1) is 7.84. The van der Waals surface area contributed by atoms with Gasteiger partial charge < -0.3 is 0 Å². The molecule has 3 heteroatoms. The van der Waals surface area contributed by atoms with Crippen LogP contribution in [0.2, 0.25) is 0 Å². The van der Waals surface area contributed by atoms with Gasteiger partial charge in [-0.2, -0.15) is 0 Å². The number of fused-ring (bicyclic) bond motifs is 2. The summed E-state index contributed by atoms with van der Waals surface area (Å²) in [6.45, 7) is 1.81. The number of rotatable bonds is 0. The van der Waals surface area contributed by atoms with Gasteiger partial charge in [-0.1, -0.05) is 6.42 Å². The van der Waals surface area contributed by atoms with E-state index in [0.29, 0.717) is 5.78 Å². The van der Waals surface area contributed by atoms with E-state index in [2.05, 4.69) is 6.21 Å². The molecule has 0 aromatic carbocycles. The topological polar surface area (TPSA) is 29.3 Å². The molecule has 0 saturated carbocycles.